The van der Waals surface area contributed by atoms with Crippen LogP contribution in [0.5, 0.6) is 0 Å². The van der Waals surface area contributed by atoms with Gasteiger partial charge in [-0.3, -0.25) is 10.2 Å². The van der Waals surface area contributed by atoms with Crippen molar-refractivity contribution in [1.29, 1.82) is 0 Å². The van der Waals surface area contributed by atoms with Gasteiger partial charge < -0.3 is 4.74 Å². The van der Waals surface area contributed by atoms with Crippen molar-refractivity contribution in [3.8, 4) is 0 Å². The molecule has 88 valence electrons. The van der Waals surface area contributed by atoms with Crippen LogP contribution in [0.4, 0.5) is 8.78 Å². The number of alkyl halides is 2. The number of hydrogen-bond donors (Lipinski definition) is 2. The molecule has 0 saturated carbocycles. The van der Waals surface area contributed by atoms with Crippen molar-refractivity contribution >= 4 is 21.8 Å². The number of hydrogen-bond acceptors (Lipinski definition) is 3. The number of carbonyl (C=O) groups excluding carboxylic acids is 1. The first-order valence-corrected chi connectivity index (χ1v) is 5.03. The molecule has 3 N–H and O–H groups in total. The Morgan fingerprint density at radius 2 is 2.12 bits per heavy atom. The molecule has 16 heavy (non-hydrogen) atoms. The Bertz CT molecular complexity index is 388. The van der Waals surface area contributed by atoms with Crippen LogP contribution in [0.25, 0.3) is 0 Å². The monoisotopic (exact) mass is 294 g/mol. The number of amides is 1. The molecular weight excluding hydrogens is 286 g/mol. The maximum Gasteiger partial charge on any atom is 0.438 e. The molecule has 0 aliphatic rings. The predicted molar refractivity (Wildman–Crippen MR) is 56.2 cm³/mol. The summed E-state index contributed by atoms with van der Waals surface area (Å²) in [5.41, 5.74) is 1.84. The third kappa shape index (κ3) is 3.22. The SMILES string of the molecule is NNC(=O)C(F)(F)OCc1ccccc1Br. The largest absolute Gasteiger partial charge is 0.438 e. The fourth-order valence-corrected chi connectivity index (χ4v) is 1.33. The Labute approximate surface area is 98.9 Å². The van der Waals surface area contributed by atoms with Crippen LogP contribution in [0.15, 0.2) is 28.7 Å². The van der Waals surface area contributed by atoms with E-state index in [-0.39, 0.29) is 0 Å². The molecule has 0 unspecified atom stereocenters. The normalized spacial score (nSPS) is 11.2. The second kappa shape index (κ2) is 5.33. The quantitative estimate of drug-likeness (QED) is 0.503. The van der Waals surface area contributed by atoms with Gasteiger partial charge in [-0.25, -0.2) is 5.84 Å². The van der Waals surface area contributed by atoms with Gasteiger partial charge in [-0.1, -0.05) is 34.1 Å². The summed E-state index contributed by atoms with van der Waals surface area (Å²) < 4.78 is 30.6. The summed E-state index contributed by atoms with van der Waals surface area (Å²) >= 11 is 3.17. The Morgan fingerprint density at radius 3 is 2.69 bits per heavy atom. The van der Waals surface area contributed by atoms with Gasteiger partial charge in [0.05, 0.1) is 6.61 Å². The third-order valence-electron chi connectivity index (χ3n) is 1.76. The fourth-order valence-electron chi connectivity index (χ4n) is 0.933. The topological polar surface area (TPSA) is 64.3 Å². The lowest BCUT2D eigenvalue weighted by molar-refractivity contribution is -0.236. The molecule has 1 amide bonds. The molecular formula is C9H9BrF2N2O2. The average Bonchev–Trinajstić information content (AvgIpc) is 2.27. The van der Waals surface area contributed by atoms with Gasteiger partial charge in [-0.05, 0) is 11.6 Å². The predicted octanol–water partition coefficient (Wildman–Crippen LogP) is 1.55. The average molecular weight is 295 g/mol. The number of ether oxygens (including phenoxy) is 1. The Kier molecular flexibility index (Phi) is 4.34. The van der Waals surface area contributed by atoms with Crippen LogP contribution in [-0.2, 0) is 16.1 Å². The number of rotatable bonds is 4. The first-order chi connectivity index (χ1) is 7.47. The first-order valence-electron chi connectivity index (χ1n) is 4.23. The van der Waals surface area contributed by atoms with E-state index in [9.17, 15) is 13.6 Å². The minimum atomic E-state index is -3.94. The van der Waals surface area contributed by atoms with Crippen molar-refractivity contribution in [3.63, 3.8) is 0 Å². The number of nitrogens with one attached hydrogen (secondary N) is 1. The van der Waals surface area contributed by atoms with Crippen molar-refractivity contribution in [2.45, 2.75) is 12.7 Å². The summed E-state index contributed by atoms with van der Waals surface area (Å²) in [7, 11) is 0. The first kappa shape index (κ1) is 13.0. The highest BCUT2D eigenvalue weighted by Gasteiger charge is 2.40. The van der Waals surface area contributed by atoms with E-state index >= 15 is 0 Å². The summed E-state index contributed by atoms with van der Waals surface area (Å²) in [5, 5.41) is 0. The van der Waals surface area contributed by atoms with Crippen molar-refractivity contribution in [2.24, 2.45) is 5.84 Å². The smallest absolute Gasteiger partial charge is 0.308 e. The zero-order valence-electron chi connectivity index (χ0n) is 8.04. The molecule has 0 fully saturated rings. The second-order valence-corrected chi connectivity index (χ2v) is 3.72. The highest BCUT2D eigenvalue weighted by Crippen LogP contribution is 2.22. The van der Waals surface area contributed by atoms with E-state index in [4.69, 9.17) is 0 Å². The van der Waals surface area contributed by atoms with Gasteiger partial charge in [0.1, 0.15) is 0 Å². The minimum absolute atomic E-state index is 0.401. The highest BCUT2D eigenvalue weighted by molar-refractivity contribution is 9.10. The van der Waals surface area contributed by atoms with E-state index in [1.165, 1.54) is 5.43 Å². The van der Waals surface area contributed by atoms with Crippen LogP contribution in [0, 0.1) is 0 Å². The molecule has 4 nitrogen and oxygen atoms in total. The van der Waals surface area contributed by atoms with E-state index in [0.29, 0.717) is 10.0 Å². The van der Waals surface area contributed by atoms with Crippen molar-refractivity contribution in [2.75, 3.05) is 0 Å². The van der Waals surface area contributed by atoms with Gasteiger partial charge in [0.25, 0.3) is 0 Å². The molecule has 7 heteroatoms. The summed E-state index contributed by atoms with van der Waals surface area (Å²) in [4.78, 5) is 10.6. The molecule has 0 atom stereocenters. The number of halogens is 3. The minimum Gasteiger partial charge on any atom is -0.308 e. The lowest BCUT2D eigenvalue weighted by Gasteiger charge is -2.15. The molecule has 1 aromatic carbocycles. The summed E-state index contributed by atoms with van der Waals surface area (Å²) in [5.74, 6) is 2.91. The summed E-state index contributed by atoms with van der Waals surface area (Å²) in [6, 6.07) is 6.68. The Hall–Kier alpha value is -1.05. The number of hydrazine groups is 1. The van der Waals surface area contributed by atoms with E-state index in [1.807, 2.05) is 0 Å². The standard InChI is InChI=1S/C9H9BrF2N2O2/c10-7-4-2-1-3-6(7)5-16-9(11,12)8(15)14-13/h1-4H,5,13H2,(H,14,15). The Balaban J connectivity index is 2.65. The molecule has 0 aliphatic carbocycles. The van der Waals surface area contributed by atoms with Gasteiger partial charge in [-0.15, -0.1) is 0 Å². The van der Waals surface area contributed by atoms with Crippen LogP contribution in [0.1, 0.15) is 5.56 Å². The maximum absolute atomic E-state index is 12.9. The van der Waals surface area contributed by atoms with Crippen molar-refractivity contribution in [3.05, 3.63) is 34.3 Å². The second-order valence-electron chi connectivity index (χ2n) is 2.87. The van der Waals surface area contributed by atoms with Crippen LogP contribution in [0.3, 0.4) is 0 Å². The summed E-state index contributed by atoms with van der Waals surface area (Å²) in [6.45, 7) is -0.401. The maximum atomic E-state index is 12.9. The van der Waals surface area contributed by atoms with Crippen LogP contribution >= 0.6 is 15.9 Å². The molecule has 0 aromatic heterocycles. The number of carbonyl (C=O) groups is 1. The van der Waals surface area contributed by atoms with Gasteiger partial charge in [0.2, 0.25) is 0 Å². The van der Waals surface area contributed by atoms with E-state index in [0.717, 1.165) is 0 Å². The molecule has 0 saturated heterocycles. The molecule has 0 aliphatic heterocycles. The lowest BCUT2D eigenvalue weighted by atomic mass is 10.2. The molecule has 0 bridgehead atoms. The van der Waals surface area contributed by atoms with Crippen LogP contribution in [-0.4, -0.2) is 12.0 Å². The number of nitrogens with two attached hydrogens (primary N) is 1. The van der Waals surface area contributed by atoms with Crippen LogP contribution in [0.2, 0.25) is 0 Å². The lowest BCUT2D eigenvalue weighted by Crippen LogP contribution is -2.45. The van der Waals surface area contributed by atoms with Gasteiger partial charge >= 0.3 is 12.0 Å². The van der Waals surface area contributed by atoms with Gasteiger partial charge in [-0.2, -0.15) is 8.78 Å². The summed E-state index contributed by atoms with van der Waals surface area (Å²) in [6.07, 6.45) is -3.94. The van der Waals surface area contributed by atoms with Gasteiger partial charge in [0.15, 0.2) is 0 Å². The van der Waals surface area contributed by atoms with Crippen molar-refractivity contribution < 1.29 is 18.3 Å². The number of benzene rings is 1. The Morgan fingerprint density at radius 1 is 1.50 bits per heavy atom. The van der Waals surface area contributed by atoms with Gasteiger partial charge in [0, 0.05) is 4.47 Å². The fraction of sp³-hybridized carbons (Fsp3) is 0.222. The molecule has 0 spiro atoms. The zero-order valence-corrected chi connectivity index (χ0v) is 9.63. The highest BCUT2D eigenvalue weighted by atomic mass is 79.9. The molecule has 1 rings (SSSR count). The van der Waals surface area contributed by atoms with Crippen LogP contribution < -0.4 is 11.3 Å². The van der Waals surface area contributed by atoms with E-state index in [2.05, 4.69) is 26.5 Å². The third-order valence-corrected chi connectivity index (χ3v) is 2.54. The zero-order chi connectivity index (χ0) is 12.2. The molecule has 1 aromatic rings. The molecule has 0 radical (unpaired) electrons. The van der Waals surface area contributed by atoms with E-state index < -0.39 is 18.6 Å². The van der Waals surface area contributed by atoms with Crippen molar-refractivity contribution in [1.82, 2.24) is 5.43 Å². The van der Waals surface area contributed by atoms with E-state index in [1.54, 1.807) is 24.3 Å². The molecule has 0 heterocycles.